The molecular weight excluding hydrogens is 258 g/mol. The molecule has 0 bridgehead atoms. The fourth-order valence-electron chi connectivity index (χ4n) is 2.51. The van der Waals surface area contributed by atoms with Crippen LogP contribution in [0.5, 0.6) is 0 Å². The summed E-state index contributed by atoms with van der Waals surface area (Å²) in [5, 5.41) is 11.1. The summed E-state index contributed by atoms with van der Waals surface area (Å²) in [5.41, 5.74) is 2.54. The van der Waals surface area contributed by atoms with Gasteiger partial charge in [0.05, 0.1) is 31.1 Å². The minimum absolute atomic E-state index is 0.0349. The molecule has 7 heteroatoms. The summed E-state index contributed by atoms with van der Waals surface area (Å²) in [4.78, 5) is 14.5. The molecule has 1 aliphatic heterocycles. The molecule has 2 aromatic rings. The second kappa shape index (κ2) is 5.09. The molecule has 1 atom stereocenters. The van der Waals surface area contributed by atoms with Gasteiger partial charge >= 0.3 is 0 Å². The van der Waals surface area contributed by atoms with Gasteiger partial charge in [-0.25, -0.2) is 0 Å². The van der Waals surface area contributed by atoms with Crippen molar-refractivity contribution in [1.82, 2.24) is 24.9 Å². The Bertz CT molecular complexity index is 618. The summed E-state index contributed by atoms with van der Waals surface area (Å²) in [6, 6.07) is 1.60. The molecule has 1 saturated heterocycles. The maximum absolute atomic E-state index is 12.7. The molecule has 1 N–H and O–H groups in total. The van der Waals surface area contributed by atoms with E-state index in [4.69, 9.17) is 4.74 Å². The largest absolute Gasteiger partial charge is 0.377 e. The molecule has 7 nitrogen and oxygen atoms in total. The van der Waals surface area contributed by atoms with E-state index in [1.807, 2.05) is 11.8 Å². The number of aromatic nitrogens is 4. The van der Waals surface area contributed by atoms with Gasteiger partial charge in [-0.3, -0.25) is 14.6 Å². The molecule has 0 radical (unpaired) electrons. The van der Waals surface area contributed by atoms with Gasteiger partial charge in [-0.1, -0.05) is 0 Å². The zero-order valence-corrected chi connectivity index (χ0v) is 11.5. The Labute approximate surface area is 116 Å². The van der Waals surface area contributed by atoms with Crippen LogP contribution in [0.25, 0.3) is 0 Å². The Morgan fingerprint density at radius 2 is 2.40 bits per heavy atom. The molecule has 106 valence electrons. The lowest BCUT2D eigenvalue weighted by Gasteiger charge is -2.35. The van der Waals surface area contributed by atoms with Crippen molar-refractivity contribution in [2.24, 2.45) is 7.05 Å². The number of morpholine rings is 1. The first-order valence-electron chi connectivity index (χ1n) is 6.55. The molecule has 0 saturated carbocycles. The number of hydrogen-bond acceptors (Lipinski definition) is 4. The lowest BCUT2D eigenvalue weighted by Crippen LogP contribution is -2.44. The Kier molecular flexibility index (Phi) is 3.27. The van der Waals surface area contributed by atoms with Gasteiger partial charge in [-0.2, -0.15) is 10.2 Å². The number of rotatable bonds is 2. The molecular formula is C13H17N5O2. The predicted octanol–water partition coefficient (Wildman–Crippen LogP) is 0.665. The van der Waals surface area contributed by atoms with Crippen LogP contribution in [-0.2, 0) is 11.8 Å². The average Bonchev–Trinajstić information content (AvgIpc) is 3.06. The van der Waals surface area contributed by atoms with E-state index in [0.717, 1.165) is 11.3 Å². The molecule has 1 amide bonds. The standard InChI is InChI=1S/C13H17N5O2/c1-9-7-14-16-12(9)11-8-20-6-5-18(11)13(19)10-3-4-15-17(10)2/h3-4,7,11H,5-6,8H2,1-2H3,(H,14,16)/t11-/m0/s1. The molecule has 0 aliphatic carbocycles. The molecule has 0 aromatic carbocycles. The number of H-pyrrole nitrogens is 1. The van der Waals surface area contributed by atoms with Gasteiger partial charge < -0.3 is 9.64 Å². The molecule has 20 heavy (non-hydrogen) atoms. The lowest BCUT2D eigenvalue weighted by atomic mass is 10.1. The number of hydrogen-bond donors (Lipinski definition) is 1. The SMILES string of the molecule is Cc1cn[nH]c1[C@@H]1COCCN1C(=O)c1ccnn1C. The Morgan fingerprint density at radius 3 is 3.05 bits per heavy atom. The zero-order valence-electron chi connectivity index (χ0n) is 11.5. The monoisotopic (exact) mass is 275 g/mol. The van der Waals surface area contributed by atoms with Crippen LogP contribution in [0, 0.1) is 6.92 Å². The number of aromatic amines is 1. The van der Waals surface area contributed by atoms with Crippen LogP contribution < -0.4 is 0 Å². The summed E-state index contributed by atoms with van der Waals surface area (Å²) >= 11 is 0. The van der Waals surface area contributed by atoms with Crippen LogP contribution in [-0.4, -0.2) is 50.5 Å². The molecule has 0 spiro atoms. The maximum atomic E-state index is 12.7. The molecule has 3 heterocycles. The van der Waals surface area contributed by atoms with Crippen molar-refractivity contribution in [3.05, 3.63) is 35.4 Å². The summed E-state index contributed by atoms with van der Waals surface area (Å²) in [6.45, 7) is 3.56. The molecule has 1 fully saturated rings. The Hall–Kier alpha value is -2.15. The van der Waals surface area contributed by atoms with E-state index in [1.165, 1.54) is 0 Å². The smallest absolute Gasteiger partial charge is 0.272 e. The highest BCUT2D eigenvalue weighted by atomic mass is 16.5. The fraction of sp³-hybridized carbons (Fsp3) is 0.462. The maximum Gasteiger partial charge on any atom is 0.272 e. The van der Waals surface area contributed by atoms with Crippen LogP contribution in [0.15, 0.2) is 18.5 Å². The third kappa shape index (κ3) is 2.09. The first-order valence-corrected chi connectivity index (χ1v) is 6.55. The summed E-state index contributed by atoms with van der Waals surface area (Å²) in [5.74, 6) is -0.0349. The van der Waals surface area contributed by atoms with Crippen molar-refractivity contribution in [3.8, 4) is 0 Å². The number of nitrogens with zero attached hydrogens (tertiary/aromatic N) is 4. The average molecular weight is 275 g/mol. The summed E-state index contributed by atoms with van der Waals surface area (Å²) in [6.07, 6.45) is 3.39. The highest BCUT2D eigenvalue weighted by Crippen LogP contribution is 2.26. The first-order chi connectivity index (χ1) is 9.68. The highest BCUT2D eigenvalue weighted by molar-refractivity contribution is 5.92. The van der Waals surface area contributed by atoms with E-state index >= 15 is 0 Å². The number of carbonyl (C=O) groups is 1. The van der Waals surface area contributed by atoms with Gasteiger partial charge in [-0.05, 0) is 18.6 Å². The predicted molar refractivity (Wildman–Crippen MR) is 71.1 cm³/mol. The zero-order chi connectivity index (χ0) is 14.1. The fourth-order valence-corrected chi connectivity index (χ4v) is 2.51. The molecule has 1 aliphatic rings. The van der Waals surface area contributed by atoms with E-state index in [0.29, 0.717) is 25.5 Å². The Morgan fingerprint density at radius 1 is 1.55 bits per heavy atom. The van der Waals surface area contributed by atoms with Gasteiger partial charge in [0, 0.05) is 19.8 Å². The van der Waals surface area contributed by atoms with E-state index in [9.17, 15) is 4.79 Å². The lowest BCUT2D eigenvalue weighted by molar-refractivity contribution is -0.00463. The van der Waals surface area contributed by atoms with Crippen LogP contribution in [0.3, 0.4) is 0 Å². The van der Waals surface area contributed by atoms with Crippen LogP contribution in [0.2, 0.25) is 0 Å². The number of nitrogens with one attached hydrogen (secondary N) is 1. The van der Waals surface area contributed by atoms with Gasteiger partial charge in [0.2, 0.25) is 0 Å². The van der Waals surface area contributed by atoms with Crippen molar-refractivity contribution in [2.75, 3.05) is 19.8 Å². The number of carbonyl (C=O) groups excluding carboxylic acids is 1. The van der Waals surface area contributed by atoms with Crippen molar-refractivity contribution in [1.29, 1.82) is 0 Å². The Balaban J connectivity index is 1.92. The van der Waals surface area contributed by atoms with Gasteiger partial charge in [0.1, 0.15) is 5.69 Å². The topological polar surface area (TPSA) is 76.0 Å². The number of ether oxygens (including phenoxy) is 1. The van der Waals surface area contributed by atoms with Crippen LogP contribution in [0.4, 0.5) is 0 Å². The van der Waals surface area contributed by atoms with E-state index in [2.05, 4.69) is 15.3 Å². The van der Waals surface area contributed by atoms with Crippen molar-refractivity contribution >= 4 is 5.91 Å². The van der Waals surface area contributed by atoms with Gasteiger partial charge in [0.25, 0.3) is 5.91 Å². The van der Waals surface area contributed by atoms with E-state index in [-0.39, 0.29) is 11.9 Å². The molecule has 2 aromatic heterocycles. The third-order valence-corrected chi connectivity index (χ3v) is 3.63. The third-order valence-electron chi connectivity index (χ3n) is 3.63. The van der Waals surface area contributed by atoms with Crippen LogP contribution >= 0.6 is 0 Å². The minimum atomic E-state index is -0.131. The highest BCUT2D eigenvalue weighted by Gasteiger charge is 2.32. The molecule has 0 unspecified atom stereocenters. The van der Waals surface area contributed by atoms with E-state index in [1.54, 1.807) is 30.2 Å². The first kappa shape index (κ1) is 12.9. The van der Waals surface area contributed by atoms with Crippen molar-refractivity contribution < 1.29 is 9.53 Å². The number of amides is 1. The second-order valence-electron chi connectivity index (χ2n) is 4.90. The molecule has 3 rings (SSSR count). The summed E-state index contributed by atoms with van der Waals surface area (Å²) < 4.78 is 7.12. The minimum Gasteiger partial charge on any atom is -0.377 e. The van der Waals surface area contributed by atoms with Crippen molar-refractivity contribution in [3.63, 3.8) is 0 Å². The van der Waals surface area contributed by atoms with Gasteiger partial charge in [0.15, 0.2) is 0 Å². The van der Waals surface area contributed by atoms with Crippen LogP contribution in [0.1, 0.15) is 27.8 Å². The van der Waals surface area contributed by atoms with Gasteiger partial charge in [-0.15, -0.1) is 0 Å². The normalized spacial score (nSPS) is 19.3. The van der Waals surface area contributed by atoms with E-state index < -0.39 is 0 Å². The second-order valence-corrected chi connectivity index (χ2v) is 4.90. The summed E-state index contributed by atoms with van der Waals surface area (Å²) in [7, 11) is 1.77. The quantitative estimate of drug-likeness (QED) is 0.873. The number of aryl methyl sites for hydroxylation is 2. The van der Waals surface area contributed by atoms with Crippen molar-refractivity contribution in [2.45, 2.75) is 13.0 Å².